The van der Waals surface area contributed by atoms with Crippen LogP contribution in [0.2, 0.25) is 0 Å². The first-order valence-corrected chi connectivity index (χ1v) is 7.61. The van der Waals surface area contributed by atoms with Crippen LogP contribution < -0.4 is 4.78 Å². The summed E-state index contributed by atoms with van der Waals surface area (Å²) >= 11 is 1.40. The van der Waals surface area contributed by atoms with Crippen molar-refractivity contribution in [3.05, 3.63) is 30.1 Å². The van der Waals surface area contributed by atoms with E-state index in [-0.39, 0.29) is 0 Å². The molecule has 2 heterocycles. The molecule has 0 unspecified atom stereocenters. The van der Waals surface area contributed by atoms with E-state index in [1.54, 1.807) is 38.6 Å². The van der Waals surface area contributed by atoms with Crippen molar-refractivity contribution in [1.29, 1.82) is 0 Å². The van der Waals surface area contributed by atoms with E-state index in [2.05, 4.69) is 5.10 Å². The Bertz CT molecular complexity index is 616. The second-order valence-electron chi connectivity index (χ2n) is 6.18. The predicted molar refractivity (Wildman–Crippen MR) is 85.2 cm³/mol. The van der Waals surface area contributed by atoms with Gasteiger partial charge in [-0.3, -0.25) is 0 Å². The molecule has 0 bridgehead atoms. The van der Waals surface area contributed by atoms with Crippen molar-refractivity contribution in [1.82, 2.24) is 9.78 Å². The Balaban J connectivity index is 2.14. The third-order valence-corrected chi connectivity index (χ3v) is 4.78. The van der Waals surface area contributed by atoms with Gasteiger partial charge in [0.25, 0.3) is 0 Å². The molecule has 0 atom stereocenters. The molecular formula is C14H21BN2O3S. The first-order valence-electron chi connectivity index (χ1n) is 6.80. The zero-order valence-corrected chi connectivity index (χ0v) is 13.8. The minimum atomic E-state index is -1.08. The van der Waals surface area contributed by atoms with Crippen LogP contribution in [0.4, 0.5) is 0 Å². The number of thiophene rings is 1. The molecule has 5 nitrogen and oxygen atoms in total. The molecule has 0 saturated heterocycles. The number of hydrogen-bond acceptors (Lipinski definition) is 5. The summed E-state index contributed by atoms with van der Waals surface area (Å²) in [7, 11) is -1.08. The molecule has 114 valence electrons. The van der Waals surface area contributed by atoms with Crippen molar-refractivity contribution in [2.24, 2.45) is 0 Å². The minimum absolute atomic E-state index is 0.676. The van der Waals surface area contributed by atoms with Crippen LogP contribution in [0.5, 0.6) is 0 Å². The maximum Gasteiger partial charge on any atom is 0.502 e. The number of aliphatic hydroxyl groups is 1. The van der Waals surface area contributed by atoms with Gasteiger partial charge in [0.05, 0.1) is 17.4 Å². The van der Waals surface area contributed by atoms with E-state index in [0.717, 1.165) is 10.6 Å². The lowest BCUT2D eigenvalue weighted by Gasteiger charge is -2.38. The highest BCUT2D eigenvalue weighted by molar-refractivity contribution is 7.24. The minimum Gasteiger partial charge on any atom is -0.423 e. The molecule has 0 fully saturated rings. The smallest absolute Gasteiger partial charge is 0.423 e. The number of nitrogens with zero attached hydrogens (tertiary/aromatic N) is 2. The number of aromatic nitrogens is 2. The highest BCUT2D eigenvalue weighted by Crippen LogP contribution is 2.26. The largest absolute Gasteiger partial charge is 0.502 e. The van der Waals surface area contributed by atoms with Crippen LogP contribution in [0, 0.1) is 6.92 Å². The highest BCUT2D eigenvalue weighted by atomic mass is 32.1. The molecule has 2 N–H and O–H groups in total. The van der Waals surface area contributed by atoms with Gasteiger partial charge in [0.2, 0.25) is 0 Å². The van der Waals surface area contributed by atoms with Crippen molar-refractivity contribution in [3.8, 4) is 5.00 Å². The average molecular weight is 308 g/mol. The highest BCUT2D eigenvalue weighted by Gasteiger charge is 2.39. The van der Waals surface area contributed by atoms with Crippen molar-refractivity contribution >= 4 is 23.2 Å². The van der Waals surface area contributed by atoms with Gasteiger partial charge in [0, 0.05) is 11.0 Å². The fraction of sp³-hybridized carbons (Fsp3) is 0.500. The second-order valence-corrected chi connectivity index (χ2v) is 7.27. The van der Waals surface area contributed by atoms with Gasteiger partial charge in [-0.2, -0.15) is 5.10 Å². The third-order valence-electron chi connectivity index (χ3n) is 3.67. The first-order chi connectivity index (χ1) is 9.60. The lowest BCUT2D eigenvalue weighted by atomic mass is 9.82. The predicted octanol–water partition coefficient (Wildman–Crippen LogP) is 1.50. The summed E-state index contributed by atoms with van der Waals surface area (Å²) in [6.07, 6.45) is 3.70. The van der Waals surface area contributed by atoms with Gasteiger partial charge < -0.3 is 14.8 Å². The number of hydrogen-bond donors (Lipinski definition) is 2. The van der Waals surface area contributed by atoms with Crippen molar-refractivity contribution in [3.63, 3.8) is 0 Å². The monoisotopic (exact) mass is 308 g/mol. The van der Waals surface area contributed by atoms with Crippen LogP contribution in [0.3, 0.4) is 0 Å². The lowest BCUT2D eigenvalue weighted by molar-refractivity contribution is -0.0981. The molecule has 0 aliphatic carbocycles. The van der Waals surface area contributed by atoms with Crippen molar-refractivity contribution in [2.45, 2.75) is 45.8 Å². The Morgan fingerprint density at radius 1 is 1.29 bits per heavy atom. The van der Waals surface area contributed by atoms with Crippen LogP contribution in [-0.2, 0) is 4.65 Å². The van der Waals surface area contributed by atoms with Crippen LogP contribution in [0.25, 0.3) is 5.00 Å². The van der Waals surface area contributed by atoms with Gasteiger partial charge >= 0.3 is 7.12 Å². The number of aryl methyl sites for hydroxylation is 1. The van der Waals surface area contributed by atoms with Crippen molar-refractivity contribution < 1.29 is 14.8 Å². The Kier molecular flexibility index (Phi) is 4.30. The molecule has 0 aromatic carbocycles. The molecule has 0 spiro atoms. The average Bonchev–Trinajstić information content (AvgIpc) is 2.94. The van der Waals surface area contributed by atoms with E-state index in [1.807, 2.05) is 25.3 Å². The maximum atomic E-state index is 10.2. The van der Waals surface area contributed by atoms with Gasteiger partial charge in [-0.05, 0) is 52.3 Å². The molecule has 7 heteroatoms. The zero-order valence-electron chi connectivity index (χ0n) is 13.0. The quantitative estimate of drug-likeness (QED) is 0.821. The summed E-state index contributed by atoms with van der Waals surface area (Å²) in [5.41, 5.74) is -0.864. The molecule has 2 aromatic rings. The molecule has 0 radical (unpaired) electrons. The third kappa shape index (κ3) is 3.55. The summed E-state index contributed by atoms with van der Waals surface area (Å²) in [5, 5.41) is 25.5. The van der Waals surface area contributed by atoms with E-state index in [1.165, 1.54) is 11.3 Å². The SMILES string of the molecule is Cc1cnn(-c2ccc(B(O)OC(C)(C)C(C)(C)O)s2)c1. The van der Waals surface area contributed by atoms with Gasteiger partial charge in [-0.15, -0.1) is 11.3 Å². The first kappa shape index (κ1) is 16.2. The maximum absolute atomic E-state index is 10.2. The molecule has 21 heavy (non-hydrogen) atoms. The normalized spacial score (nSPS) is 12.7. The molecule has 0 amide bonds. The van der Waals surface area contributed by atoms with E-state index in [4.69, 9.17) is 4.65 Å². The van der Waals surface area contributed by atoms with Crippen LogP contribution >= 0.6 is 11.3 Å². The fourth-order valence-electron chi connectivity index (χ4n) is 1.61. The summed E-state index contributed by atoms with van der Waals surface area (Å²) in [4.78, 5) is 0. The molecule has 2 aromatic heterocycles. The van der Waals surface area contributed by atoms with Gasteiger partial charge in [-0.1, -0.05) is 0 Å². The Morgan fingerprint density at radius 3 is 2.48 bits per heavy atom. The zero-order chi connectivity index (χ0) is 15.8. The molecule has 0 aliphatic rings. The van der Waals surface area contributed by atoms with E-state index >= 15 is 0 Å². The Hall–Kier alpha value is -1.15. The topological polar surface area (TPSA) is 67.5 Å². The molecule has 0 saturated carbocycles. The van der Waals surface area contributed by atoms with E-state index < -0.39 is 18.3 Å². The van der Waals surface area contributed by atoms with Crippen molar-refractivity contribution in [2.75, 3.05) is 0 Å². The lowest BCUT2D eigenvalue weighted by Crippen LogP contribution is -2.52. The summed E-state index contributed by atoms with van der Waals surface area (Å²) in [6.45, 7) is 8.79. The van der Waals surface area contributed by atoms with Crippen LogP contribution in [-0.4, -0.2) is 38.2 Å². The molecular weight excluding hydrogens is 287 g/mol. The van der Waals surface area contributed by atoms with Crippen LogP contribution in [0.1, 0.15) is 33.3 Å². The molecule has 2 rings (SSSR count). The van der Waals surface area contributed by atoms with Gasteiger partial charge in [-0.25, -0.2) is 4.68 Å². The fourth-order valence-corrected chi connectivity index (χ4v) is 2.47. The number of rotatable bonds is 5. The molecule has 0 aliphatic heterocycles. The van der Waals surface area contributed by atoms with Gasteiger partial charge in [0.15, 0.2) is 0 Å². The van der Waals surface area contributed by atoms with Gasteiger partial charge in [0.1, 0.15) is 5.00 Å². The Labute approximate surface area is 129 Å². The summed E-state index contributed by atoms with van der Waals surface area (Å²) in [5.74, 6) is 0. The second kappa shape index (κ2) is 5.57. The summed E-state index contributed by atoms with van der Waals surface area (Å²) in [6, 6.07) is 3.69. The standard InChI is InChI=1S/C14H21BN2O3S/c1-10-8-16-17(9-10)12-7-6-11(21-12)15(19)20-14(4,5)13(2,3)18/h6-9,18-19H,1-5H3. The van der Waals surface area contributed by atoms with Crippen LogP contribution in [0.15, 0.2) is 24.5 Å². The summed E-state index contributed by atoms with van der Waals surface area (Å²) < 4.78 is 8.07. The Morgan fingerprint density at radius 2 is 1.95 bits per heavy atom. The van der Waals surface area contributed by atoms with E-state index in [9.17, 15) is 10.1 Å². The van der Waals surface area contributed by atoms with E-state index in [0.29, 0.717) is 4.78 Å².